The first-order chi connectivity index (χ1) is 10.9. The summed E-state index contributed by atoms with van der Waals surface area (Å²) in [5, 5.41) is 0.777. The van der Waals surface area contributed by atoms with Crippen LogP contribution in [0.25, 0.3) is 0 Å². The molecule has 2 aromatic carbocycles. The van der Waals surface area contributed by atoms with Gasteiger partial charge >= 0.3 is 0 Å². The third-order valence-corrected chi connectivity index (χ3v) is 4.24. The van der Waals surface area contributed by atoms with Gasteiger partial charge in [0.25, 0.3) is 0 Å². The Balaban J connectivity index is 2.32. The third kappa shape index (κ3) is 4.05. The first-order valence-corrected chi connectivity index (χ1v) is 8.06. The monoisotopic (exact) mass is 351 g/mol. The molecule has 2 aromatic rings. The van der Waals surface area contributed by atoms with Gasteiger partial charge in [-0.3, -0.25) is 0 Å². The Bertz CT molecular complexity index is 686. The number of hydrogen-bond donors (Lipinski definition) is 1. The molecule has 0 aliphatic carbocycles. The molecule has 122 valence electrons. The van der Waals surface area contributed by atoms with Crippen LogP contribution in [0.15, 0.2) is 42.5 Å². The predicted molar refractivity (Wildman–Crippen MR) is 94.3 cm³/mol. The molecule has 2 N–H and O–H groups in total. The number of ether oxygens (including phenoxy) is 1. The predicted octanol–water partition coefficient (Wildman–Crippen LogP) is 4.43. The highest BCUT2D eigenvalue weighted by atomic mass is 35.5. The van der Waals surface area contributed by atoms with Gasteiger partial charge in [0.2, 0.25) is 0 Å². The second-order valence-electron chi connectivity index (χ2n) is 5.84. The molecule has 0 radical (unpaired) electrons. The fraction of sp³-hybridized carbons (Fsp3) is 0.278. The number of carbonyl (C=O) groups is 1. The Labute approximate surface area is 146 Å². The maximum Gasteiger partial charge on any atom is 0.148 e. The lowest BCUT2D eigenvalue weighted by atomic mass is 9.85. The number of benzene rings is 2. The zero-order valence-electron chi connectivity index (χ0n) is 13.1. The van der Waals surface area contributed by atoms with Crippen molar-refractivity contribution in [2.45, 2.75) is 19.4 Å². The molecule has 0 spiro atoms. The van der Waals surface area contributed by atoms with Crippen molar-refractivity contribution in [3.05, 3.63) is 63.6 Å². The number of rotatable bonds is 6. The molecule has 0 amide bonds. The van der Waals surface area contributed by atoms with E-state index in [-0.39, 0.29) is 0 Å². The quantitative estimate of drug-likeness (QED) is 0.783. The van der Waals surface area contributed by atoms with Crippen LogP contribution in [-0.2, 0) is 10.3 Å². The van der Waals surface area contributed by atoms with Crippen LogP contribution in [0.2, 0.25) is 10.0 Å². The summed E-state index contributed by atoms with van der Waals surface area (Å²) in [7, 11) is 0. The lowest BCUT2D eigenvalue weighted by Crippen LogP contribution is -2.39. The van der Waals surface area contributed by atoms with Gasteiger partial charge in [-0.2, -0.15) is 0 Å². The van der Waals surface area contributed by atoms with E-state index in [0.29, 0.717) is 40.0 Å². The number of aldehydes is 1. The number of halogens is 2. The lowest BCUT2D eigenvalue weighted by Gasteiger charge is -2.25. The third-order valence-electron chi connectivity index (χ3n) is 3.50. The summed E-state index contributed by atoms with van der Waals surface area (Å²) in [6, 6.07) is 12.1. The van der Waals surface area contributed by atoms with Crippen LogP contribution in [0.1, 0.15) is 25.0 Å². The normalized spacial score (nSPS) is 13.7. The molecule has 23 heavy (non-hydrogen) atoms. The van der Waals surface area contributed by atoms with Crippen molar-refractivity contribution in [3.63, 3.8) is 0 Å². The minimum atomic E-state index is -1.29. The molecular weight excluding hydrogens is 333 g/mol. The smallest absolute Gasteiger partial charge is 0.148 e. The van der Waals surface area contributed by atoms with Crippen molar-refractivity contribution in [1.82, 2.24) is 0 Å². The fourth-order valence-electron chi connectivity index (χ4n) is 2.15. The Hall–Kier alpha value is -1.55. The molecule has 1 atom stereocenters. The van der Waals surface area contributed by atoms with Crippen molar-refractivity contribution in [2.75, 3.05) is 6.61 Å². The second kappa shape index (κ2) is 7.35. The summed E-state index contributed by atoms with van der Waals surface area (Å²) in [6.07, 6.45) is 0.705. The summed E-state index contributed by atoms with van der Waals surface area (Å²) in [5.74, 6) is 1.18. The maximum absolute atomic E-state index is 11.7. The fourth-order valence-corrected chi connectivity index (χ4v) is 2.44. The van der Waals surface area contributed by atoms with Crippen LogP contribution in [0.4, 0.5) is 0 Å². The molecule has 0 saturated heterocycles. The van der Waals surface area contributed by atoms with Crippen molar-refractivity contribution < 1.29 is 9.53 Å². The highest BCUT2D eigenvalue weighted by molar-refractivity contribution is 6.42. The molecule has 3 nitrogen and oxygen atoms in total. The van der Waals surface area contributed by atoms with Gasteiger partial charge < -0.3 is 15.3 Å². The first-order valence-electron chi connectivity index (χ1n) is 7.31. The van der Waals surface area contributed by atoms with Crippen molar-refractivity contribution >= 4 is 29.5 Å². The van der Waals surface area contributed by atoms with Crippen molar-refractivity contribution in [3.8, 4) is 5.75 Å². The Kier molecular flexibility index (Phi) is 5.69. The van der Waals surface area contributed by atoms with Crippen LogP contribution in [-0.4, -0.2) is 12.9 Å². The average Bonchev–Trinajstić information content (AvgIpc) is 2.55. The van der Waals surface area contributed by atoms with Gasteiger partial charge in [0.1, 0.15) is 17.6 Å². The summed E-state index contributed by atoms with van der Waals surface area (Å²) < 4.78 is 5.64. The summed E-state index contributed by atoms with van der Waals surface area (Å²) >= 11 is 12.0. The molecular formula is C18H19Cl2NO2. The van der Waals surface area contributed by atoms with E-state index in [1.54, 1.807) is 42.5 Å². The molecule has 2 rings (SSSR count). The van der Waals surface area contributed by atoms with Crippen LogP contribution >= 0.6 is 23.2 Å². The minimum Gasteiger partial charge on any atom is -0.493 e. The number of hydrogen-bond acceptors (Lipinski definition) is 3. The zero-order chi connectivity index (χ0) is 17.0. The lowest BCUT2D eigenvalue weighted by molar-refractivity contribution is -0.111. The van der Waals surface area contributed by atoms with Gasteiger partial charge in [-0.05, 0) is 41.3 Å². The number of carbonyl (C=O) groups excluding carboxylic acids is 1. The SMILES string of the molecule is CC(C)COc1ccc(C(N)(C=O)c2ccc(Cl)c(Cl)c2)cc1. The topological polar surface area (TPSA) is 52.3 Å². The average molecular weight is 352 g/mol. The zero-order valence-corrected chi connectivity index (χ0v) is 14.6. The van der Waals surface area contributed by atoms with Crippen LogP contribution < -0.4 is 10.5 Å². The van der Waals surface area contributed by atoms with E-state index >= 15 is 0 Å². The number of nitrogens with two attached hydrogens (primary N) is 1. The molecule has 0 aromatic heterocycles. The van der Waals surface area contributed by atoms with Crippen LogP contribution in [0, 0.1) is 5.92 Å². The first kappa shape index (κ1) is 17.8. The molecule has 0 aliphatic rings. The van der Waals surface area contributed by atoms with E-state index in [0.717, 1.165) is 5.75 Å². The molecule has 1 unspecified atom stereocenters. The summed E-state index contributed by atoms with van der Waals surface area (Å²) in [6.45, 7) is 4.79. The molecule has 0 fully saturated rings. The van der Waals surface area contributed by atoms with Gasteiger partial charge in [-0.25, -0.2) is 0 Å². The maximum atomic E-state index is 11.7. The van der Waals surface area contributed by atoms with E-state index < -0.39 is 5.54 Å². The largest absolute Gasteiger partial charge is 0.493 e. The van der Waals surface area contributed by atoms with E-state index in [4.69, 9.17) is 33.7 Å². The highest BCUT2D eigenvalue weighted by Crippen LogP contribution is 2.31. The molecule has 0 heterocycles. The van der Waals surface area contributed by atoms with Crippen molar-refractivity contribution in [1.29, 1.82) is 0 Å². The molecule has 0 saturated carbocycles. The van der Waals surface area contributed by atoms with Gasteiger partial charge in [0.05, 0.1) is 16.7 Å². The van der Waals surface area contributed by atoms with Gasteiger partial charge in [-0.1, -0.05) is 55.2 Å². The van der Waals surface area contributed by atoms with Gasteiger partial charge in [0, 0.05) is 0 Å². The minimum absolute atomic E-state index is 0.359. The van der Waals surface area contributed by atoms with Crippen molar-refractivity contribution in [2.24, 2.45) is 11.7 Å². The van der Waals surface area contributed by atoms with Gasteiger partial charge in [0.15, 0.2) is 0 Å². The Morgan fingerprint density at radius 2 is 1.70 bits per heavy atom. The molecule has 5 heteroatoms. The second-order valence-corrected chi connectivity index (χ2v) is 6.66. The Morgan fingerprint density at radius 1 is 1.09 bits per heavy atom. The van der Waals surface area contributed by atoms with E-state index in [1.807, 2.05) is 0 Å². The summed E-state index contributed by atoms with van der Waals surface area (Å²) in [4.78, 5) is 11.7. The van der Waals surface area contributed by atoms with E-state index in [1.165, 1.54) is 0 Å². The van der Waals surface area contributed by atoms with Crippen LogP contribution in [0.3, 0.4) is 0 Å². The van der Waals surface area contributed by atoms with Crippen LogP contribution in [0.5, 0.6) is 5.75 Å². The molecule has 0 bridgehead atoms. The van der Waals surface area contributed by atoms with E-state index in [9.17, 15) is 4.79 Å². The van der Waals surface area contributed by atoms with E-state index in [2.05, 4.69) is 13.8 Å². The van der Waals surface area contributed by atoms with Gasteiger partial charge in [-0.15, -0.1) is 0 Å². The Morgan fingerprint density at radius 3 is 2.22 bits per heavy atom. The highest BCUT2D eigenvalue weighted by Gasteiger charge is 2.29. The summed E-state index contributed by atoms with van der Waals surface area (Å²) in [5.41, 5.74) is 6.27. The standard InChI is InChI=1S/C18H19Cl2NO2/c1-12(2)10-23-15-6-3-13(4-7-15)18(21,11-22)14-5-8-16(19)17(20)9-14/h3-9,11-12H,10,21H2,1-2H3. The molecule has 0 aliphatic heterocycles.